The fourth-order valence-electron chi connectivity index (χ4n) is 3.72. The van der Waals surface area contributed by atoms with Gasteiger partial charge in [-0.1, -0.05) is 24.3 Å². The van der Waals surface area contributed by atoms with Crippen molar-refractivity contribution in [2.45, 2.75) is 49.8 Å². The molecule has 1 aliphatic heterocycles. The van der Waals surface area contributed by atoms with Crippen molar-refractivity contribution in [1.29, 1.82) is 0 Å². The summed E-state index contributed by atoms with van der Waals surface area (Å²) in [6.45, 7) is 4.83. The van der Waals surface area contributed by atoms with E-state index in [9.17, 15) is 21.6 Å². The number of nitrogens with one attached hydrogen (secondary N) is 1. The molecule has 1 fully saturated rings. The summed E-state index contributed by atoms with van der Waals surface area (Å²) < 4.78 is 54.6. The summed E-state index contributed by atoms with van der Waals surface area (Å²) >= 11 is 0. The zero-order chi connectivity index (χ0) is 24.0. The maximum Gasteiger partial charge on any atom is 0.243 e. The lowest BCUT2D eigenvalue weighted by atomic mass is 10.1. The van der Waals surface area contributed by atoms with Crippen LogP contribution in [0.5, 0.6) is 5.75 Å². The summed E-state index contributed by atoms with van der Waals surface area (Å²) in [5.74, 6) is 0.543. The van der Waals surface area contributed by atoms with Crippen molar-refractivity contribution < 1.29 is 26.4 Å². The Bertz CT molecular complexity index is 1140. The van der Waals surface area contributed by atoms with Gasteiger partial charge in [-0.2, -0.15) is 4.31 Å². The number of hydrogen-bond donors (Lipinski definition) is 2. The van der Waals surface area contributed by atoms with Crippen molar-refractivity contribution in [3.05, 3.63) is 59.2 Å². The van der Waals surface area contributed by atoms with Crippen LogP contribution >= 0.6 is 0 Å². The molecule has 0 bridgehead atoms. The molecule has 33 heavy (non-hydrogen) atoms. The number of rotatable bonds is 9. The zero-order valence-corrected chi connectivity index (χ0v) is 20.5. The Labute approximate surface area is 196 Å². The predicted octanol–water partition coefficient (Wildman–Crippen LogP) is 2.15. The zero-order valence-electron chi connectivity index (χ0n) is 18.8. The van der Waals surface area contributed by atoms with Gasteiger partial charge < -0.3 is 10.1 Å². The van der Waals surface area contributed by atoms with Crippen LogP contribution < -0.4 is 10.1 Å². The fraction of sp³-hybridized carbons (Fsp3) is 0.435. The standard InChI is InChI=1S/C23H30N2O6S2/c1-17-3-4-18(2)22(15-17)31-14-11-23(26)24-20-9-12-25(13-10-20)33(29,30)21-7-5-19(6-8-21)16-32(27)28/h3-8,15,20,32H,9-14,16H2,1-2H3,(H,24,26). The summed E-state index contributed by atoms with van der Waals surface area (Å²) in [4.78, 5) is 12.4. The molecule has 1 aliphatic rings. The summed E-state index contributed by atoms with van der Waals surface area (Å²) in [6, 6.07) is 11.8. The molecule has 0 aromatic heterocycles. The van der Waals surface area contributed by atoms with Crippen LogP contribution in [0.4, 0.5) is 0 Å². The van der Waals surface area contributed by atoms with Gasteiger partial charge in [-0.15, -0.1) is 0 Å². The van der Waals surface area contributed by atoms with Crippen LogP contribution in [0.3, 0.4) is 0 Å². The van der Waals surface area contributed by atoms with E-state index in [-0.39, 0.29) is 35.6 Å². The van der Waals surface area contributed by atoms with Gasteiger partial charge in [0, 0.05) is 19.1 Å². The van der Waals surface area contributed by atoms with Crippen molar-refractivity contribution in [1.82, 2.24) is 9.62 Å². The number of ether oxygens (including phenoxy) is 1. The van der Waals surface area contributed by atoms with Crippen LogP contribution in [-0.4, -0.2) is 52.8 Å². The van der Waals surface area contributed by atoms with E-state index in [1.165, 1.54) is 28.6 Å². The first-order valence-corrected chi connectivity index (χ1v) is 13.7. The highest BCUT2D eigenvalue weighted by molar-refractivity contribution is 7.89. The van der Waals surface area contributed by atoms with Crippen LogP contribution in [0.1, 0.15) is 36.0 Å². The molecule has 1 amide bonds. The van der Waals surface area contributed by atoms with E-state index in [0.29, 0.717) is 31.5 Å². The van der Waals surface area contributed by atoms with Crippen molar-refractivity contribution in [3.63, 3.8) is 0 Å². The van der Waals surface area contributed by atoms with Gasteiger partial charge >= 0.3 is 0 Å². The second-order valence-electron chi connectivity index (χ2n) is 8.25. The lowest BCUT2D eigenvalue weighted by Gasteiger charge is -2.31. The summed E-state index contributed by atoms with van der Waals surface area (Å²) in [5, 5.41) is 2.97. The topological polar surface area (TPSA) is 110 Å². The number of aryl methyl sites for hydroxylation is 2. The third-order valence-electron chi connectivity index (χ3n) is 5.62. The Kier molecular flexibility index (Phi) is 8.50. The molecule has 0 unspecified atom stereocenters. The molecule has 0 radical (unpaired) electrons. The first-order chi connectivity index (χ1) is 15.6. The van der Waals surface area contributed by atoms with Gasteiger partial charge in [-0.25, -0.2) is 16.8 Å². The fourth-order valence-corrected chi connectivity index (χ4v) is 5.70. The lowest BCUT2D eigenvalue weighted by molar-refractivity contribution is -0.122. The molecule has 0 spiro atoms. The summed E-state index contributed by atoms with van der Waals surface area (Å²) in [7, 11) is -6.22. The molecule has 0 saturated carbocycles. The van der Waals surface area contributed by atoms with Crippen LogP contribution in [-0.2, 0) is 31.3 Å². The number of sulfonamides is 1. The number of nitrogens with zero attached hydrogens (tertiary/aromatic N) is 1. The highest BCUT2D eigenvalue weighted by Gasteiger charge is 2.29. The summed E-state index contributed by atoms with van der Waals surface area (Å²) in [5.41, 5.74) is 2.66. The number of benzene rings is 2. The molecule has 1 saturated heterocycles. The van der Waals surface area contributed by atoms with E-state index in [4.69, 9.17) is 4.74 Å². The molecule has 2 aromatic rings. The normalized spacial score (nSPS) is 15.5. The van der Waals surface area contributed by atoms with Gasteiger partial charge in [0.1, 0.15) is 16.5 Å². The number of hydrogen-bond acceptors (Lipinski definition) is 6. The Morgan fingerprint density at radius 2 is 1.76 bits per heavy atom. The maximum atomic E-state index is 12.9. The van der Waals surface area contributed by atoms with Gasteiger partial charge in [0.05, 0.1) is 23.7 Å². The third-order valence-corrected chi connectivity index (χ3v) is 8.16. The minimum absolute atomic E-state index is 0.0830. The smallest absolute Gasteiger partial charge is 0.243 e. The number of amides is 1. The monoisotopic (exact) mass is 494 g/mol. The van der Waals surface area contributed by atoms with Gasteiger partial charge in [-0.3, -0.25) is 4.79 Å². The highest BCUT2D eigenvalue weighted by Crippen LogP contribution is 2.22. The van der Waals surface area contributed by atoms with Crippen LogP contribution in [0.15, 0.2) is 47.4 Å². The van der Waals surface area contributed by atoms with E-state index in [2.05, 4.69) is 5.32 Å². The number of carbonyl (C=O) groups is 1. The Morgan fingerprint density at radius 3 is 2.39 bits per heavy atom. The molecular weight excluding hydrogens is 464 g/mol. The summed E-state index contributed by atoms with van der Waals surface area (Å²) in [6.07, 6.45) is 1.28. The molecule has 1 N–H and O–H groups in total. The Balaban J connectivity index is 1.46. The van der Waals surface area contributed by atoms with E-state index in [1.807, 2.05) is 32.0 Å². The van der Waals surface area contributed by atoms with Gasteiger partial charge in [-0.05, 0) is 61.6 Å². The molecule has 180 valence electrons. The van der Waals surface area contributed by atoms with Gasteiger partial charge in [0.15, 0.2) is 0 Å². The number of carbonyl (C=O) groups excluding carboxylic acids is 1. The second kappa shape index (κ2) is 11.1. The average molecular weight is 495 g/mol. The highest BCUT2D eigenvalue weighted by atomic mass is 32.2. The van der Waals surface area contributed by atoms with Crippen molar-refractivity contribution in [2.75, 3.05) is 19.7 Å². The molecular formula is C23H30N2O6S2. The minimum atomic E-state index is -3.66. The Morgan fingerprint density at radius 1 is 1.09 bits per heavy atom. The number of thiol groups is 1. The lowest BCUT2D eigenvalue weighted by Crippen LogP contribution is -2.46. The SMILES string of the molecule is Cc1ccc(C)c(OCCC(=O)NC2CCN(S(=O)(=O)c3ccc(C[SH](=O)=O)cc3)CC2)c1. The van der Waals surface area contributed by atoms with E-state index in [0.717, 1.165) is 16.9 Å². The second-order valence-corrected chi connectivity index (χ2v) is 11.2. The van der Waals surface area contributed by atoms with E-state index >= 15 is 0 Å². The van der Waals surface area contributed by atoms with E-state index < -0.39 is 20.7 Å². The molecule has 8 nitrogen and oxygen atoms in total. The van der Waals surface area contributed by atoms with Gasteiger partial charge in [0.2, 0.25) is 15.9 Å². The van der Waals surface area contributed by atoms with Crippen molar-refractivity contribution in [2.24, 2.45) is 0 Å². The molecule has 1 heterocycles. The van der Waals surface area contributed by atoms with Crippen LogP contribution in [0.2, 0.25) is 0 Å². The van der Waals surface area contributed by atoms with E-state index in [1.54, 1.807) is 0 Å². The molecule has 10 heteroatoms. The largest absolute Gasteiger partial charge is 0.493 e. The first-order valence-electron chi connectivity index (χ1n) is 10.9. The molecule has 0 atom stereocenters. The molecule has 0 aliphatic carbocycles. The van der Waals surface area contributed by atoms with Crippen molar-refractivity contribution >= 4 is 26.6 Å². The minimum Gasteiger partial charge on any atom is -0.493 e. The van der Waals surface area contributed by atoms with Crippen LogP contribution in [0.25, 0.3) is 0 Å². The van der Waals surface area contributed by atoms with Crippen molar-refractivity contribution in [3.8, 4) is 5.75 Å². The molecule has 2 aromatic carbocycles. The third kappa shape index (κ3) is 7.02. The predicted molar refractivity (Wildman–Crippen MR) is 126 cm³/mol. The van der Waals surface area contributed by atoms with Gasteiger partial charge in [0.25, 0.3) is 0 Å². The maximum absolute atomic E-state index is 12.9. The molecule has 3 rings (SSSR count). The quantitative estimate of drug-likeness (QED) is 0.517. The number of piperidine rings is 1. The average Bonchev–Trinajstić information content (AvgIpc) is 2.76. The Hall–Kier alpha value is -2.43. The van der Waals surface area contributed by atoms with Crippen LogP contribution in [0, 0.1) is 13.8 Å². The first kappa shape index (κ1) is 25.2.